The third kappa shape index (κ3) is 2.45. The molecule has 0 aliphatic heterocycles. The zero-order chi connectivity index (χ0) is 10.0. The Balaban J connectivity index is 3.13. The van der Waals surface area contributed by atoms with Gasteiger partial charge in [-0.2, -0.15) is 0 Å². The second-order valence-electron chi connectivity index (χ2n) is 2.85. The summed E-state index contributed by atoms with van der Waals surface area (Å²) in [6.45, 7) is 1.62. The van der Waals surface area contributed by atoms with E-state index in [9.17, 15) is 8.78 Å². The van der Waals surface area contributed by atoms with Crippen molar-refractivity contribution in [3.63, 3.8) is 0 Å². The highest BCUT2D eigenvalue weighted by Gasteiger charge is 2.10. The van der Waals surface area contributed by atoms with Crippen molar-refractivity contribution in [3.8, 4) is 0 Å². The van der Waals surface area contributed by atoms with Crippen LogP contribution in [0.4, 0.5) is 8.78 Å². The van der Waals surface area contributed by atoms with Crippen LogP contribution in [0.15, 0.2) is 12.1 Å². The second-order valence-corrected chi connectivity index (χ2v) is 3.37. The lowest BCUT2D eigenvalue weighted by Gasteiger charge is -2.04. The summed E-state index contributed by atoms with van der Waals surface area (Å²) in [6.07, 6.45) is -0.0344. The molecule has 0 spiro atoms. The summed E-state index contributed by atoms with van der Waals surface area (Å²) in [7, 11) is 0. The molecule has 0 aliphatic rings. The van der Waals surface area contributed by atoms with E-state index in [0.29, 0.717) is 5.56 Å². The highest BCUT2D eigenvalue weighted by Crippen LogP contribution is 2.15. The molecule has 0 saturated heterocycles. The van der Waals surface area contributed by atoms with Crippen LogP contribution >= 0.6 is 12.2 Å². The molecule has 1 nitrogen and oxygen atoms in total. The Morgan fingerprint density at radius 2 is 1.85 bits per heavy atom. The molecule has 0 heterocycles. The number of nitrogens with two attached hydrogens (primary N) is 1. The van der Waals surface area contributed by atoms with E-state index in [1.807, 2.05) is 0 Å². The topological polar surface area (TPSA) is 26.0 Å². The molecular formula is C9H9F2NS. The number of benzene rings is 1. The van der Waals surface area contributed by atoms with Gasteiger partial charge in [0.05, 0.1) is 4.99 Å². The number of rotatable bonds is 2. The van der Waals surface area contributed by atoms with Crippen LogP contribution in [0.3, 0.4) is 0 Å². The van der Waals surface area contributed by atoms with Gasteiger partial charge in [0.2, 0.25) is 0 Å². The van der Waals surface area contributed by atoms with Crippen LogP contribution in [0.2, 0.25) is 0 Å². The number of thiocarbonyl (C=S) groups is 1. The Morgan fingerprint density at radius 3 is 2.23 bits per heavy atom. The van der Waals surface area contributed by atoms with Gasteiger partial charge in [-0.05, 0) is 24.6 Å². The minimum absolute atomic E-state index is 0.0344. The predicted octanol–water partition coefficient (Wildman–Crippen LogP) is 2.10. The van der Waals surface area contributed by atoms with E-state index in [2.05, 4.69) is 12.2 Å². The average molecular weight is 201 g/mol. The lowest BCUT2D eigenvalue weighted by molar-refractivity contribution is 0.562. The van der Waals surface area contributed by atoms with Crippen molar-refractivity contribution in [1.29, 1.82) is 0 Å². The molecule has 1 aromatic carbocycles. The van der Waals surface area contributed by atoms with Gasteiger partial charge in [0.1, 0.15) is 11.6 Å². The lowest BCUT2D eigenvalue weighted by atomic mass is 10.1. The van der Waals surface area contributed by atoms with Crippen LogP contribution in [-0.4, -0.2) is 4.99 Å². The second kappa shape index (κ2) is 3.79. The van der Waals surface area contributed by atoms with Gasteiger partial charge >= 0.3 is 0 Å². The minimum atomic E-state index is -0.592. The molecule has 4 heteroatoms. The number of hydrogen-bond acceptors (Lipinski definition) is 1. The maximum atomic E-state index is 13.1. The van der Waals surface area contributed by atoms with Crippen molar-refractivity contribution in [3.05, 3.63) is 34.9 Å². The van der Waals surface area contributed by atoms with Crippen molar-refractivity contribution in [2.45, 2.75) is 13.3 Å². The third-order valence-electron chi connectivity index (χ3n) is 1.64. The van der Waals surface area contributed by atoms with Gasteiger partial charge < -0.3 is 5.73 Å². The summed E-state index contributed by atoms with van der Waals surface area (Å²) in [5.74, 6) is -1.18. The van der Waals surface area contributed by atoms with Crippen molar-refractivity contribution in [2.75, 3.05) is 0 Å². The normalized spacial score (nSPS) is 10.1. The molecule has 0 atom stereocenters. The molecule has 1 rings (SSSR count). The Labute approximate surface area is 80.6 Å². The fourth-order valence-corrected chi connectivity index (χ4v) is 1.22. The predicted molar refractivity (Wildman–Crippen MR) is 51.6 cm³/mol. The minimum Gasteiger partial charge on any atom is -0.393 e. The van der Waals surface area contributed by atoms with Gasteiger partial charge in [-0.3, -0.25) is 0 Å². The van der Waals surface area contributed by atoms with E-state index in [1.165, 1.54) is 12.1 Å². The molecule has 1 aromatic rings. The zero-order valence-corrected chi connectivity index (χ0v) is 7.92. The van der Waals surface area contributed by atoms with Gasteiger partial charge in [-0.25, -0.2) is 8.78 Å². The molecule has 0 aliphatic carbocycles. The maximum Gasteiger partial charge on any atom is 0.130 e. The number of aryl methyl sites for hydroxylation is 1. The fourth-order valence-electron chi connectivity index (χ4n) is 1.07. The van der Waals surface area contributed by atoms with Gasteiger partial charge in [0.15, 0.2) is 0 Å². The van der Waals surface area contributed by atoms with Crippen LogP contribution in [0, 0.1) is 18.6 Å². The molecule has 0 aromatic heterocycles. The van der Waals surface area contributed by atoms with Crippen LogP contribution in [-0.2, 0) is 6.42 Å². The highest BCUT2D eigenvalue weighted by atomic mass is 32.1. The van der Waals surface area contributed by atoms with Crippen LogP contribution in [0.1, 0.15) is 11.1 Å². The standard InChI is InChI=1S/C9H9F2NS/c1-5-2-7(10)6(4-9(12)13)8(11)3-5/h2-3H,4H2,1H3,(H2,12,13). The van der Waals surface area contributed by atoms with E-state index in [1.54, 1.807) is 6.92 Å². The van der Waals surface area contributed by atoms with E-state index in [0.717, 1.165) is 0 Å². The lowest BCUT2D eigenvalue weighted by Crippen LogP contribution is -2.13. The monoisotopic (exact) mass is 201 g/mol. The quantitative estimate of drug-likeness (QED) is 0.741. The third-order valence-corrected chi connectivity index (χ3v) is 1.78. The van der Waals surface area contributed by atoms with E-state index < -0.39 is 11.6 Å². The molecule has 0 bridgehead atoms. The molecular weight excluding hydrogens is 192 g/mol. The van der Waals surface area contributed by atoms with Crippen molar-refractivity contribution < 1.29 is 8.78 Å². The van der Waals surface area contributed by atoms with E-state index >= 15 is 0 Å². The Bertz CT molecular complexity index is 326. The van der Waals surface area contributed by atoms with Crippen LogP contribution in [0.25, 0.3) is 0 Å². The number of hydrogen-bond donors (Lipinski definition) is 1. The zero-order valence-electron chi connectivity index (χ0n) is 7.10. The van der Waals surface area contributed by atoms with Gasteiger partial charge in [-0.15, -0.1) is 0 Å². The van der Waals surface area contributed by atoms with E-state index in [4.69, 9.17) is 5.73 Å². The largest absolute Gasteiger partial charge is 0.393 e. The molecule has 0 unspecified atom stereocenters. The Kier molecular flexibility index (Phi) is 2.93. The summed E-state index contributed by atoms with van der Waals surface area (Å²) >= 11 is 4.57. The summed E-state index contributed by atoms with van der Waals surface area (Å²) in [5.41, 5.74) is 5.68. The summed E-state index contributed by atoms with van der Waals surface area (Å²) < 4.78 is 26.2. The molecule has 0 radical (unpaired) electrons. The molecule has 13 heavy (non-hydrogen) atoms. The molecule has 2 N–H and O–H groups in total. The van der Waals surface area contributed by atoms with Gasteiger partial charge in [0.25, 0.3) is 0 Å². The fraction of sp³-hybridized carbons (Fsp3) is 0.222. The van der Waals surface area contributed by atoms with Crippen molar-refractivity contribution >= 4 is 17.2 Å². The molecule has 0 amide bonds. The molecule has 0 saturated carbocycles. The van der Waals surface area contributed by atoms with Crippen LogP contribution in [0.5, 0.6) is 0 Å². The van der Waals surface area contributed by atoms with Crippen LogP contribution < -0.4 is 5.73 Å². The summed E-state index contributed by atoms with van der Waals surface area (Å²) in [6, 6.07) is 2.52. The smallest absolute Gasteiger partial charge is 0.130 e. The summed E-state index contributed by atoms with van der Waals surface area (Å²) in [5, 5.41) is 0. The van der Waals surface area contributed by atoms with Gasteiger partial charge in [0, 0.05) is 12.0 Å². The van der Waals surface area contributed by atoms with E-state index in [-0.39, 0.29) is 17.0 Å². The first-order valence-corrected chi connectivity index (χ1v) is 4.14. The summed E-state index contributed by atoms with van der Waals surface area (Å²) in [4.78, 5) is 0.0849. The Morgan fingerprint density at radius 1 is 1.38 bits per heavy atom. The first-order chi connectivity index (χ1) is 6.00. The molecule has 70 valence electrons. The average Bonchev–Trinajstić information content (AvgIpc) is 1.96. The molecule has 0 fully saturated rings. The first kappa shape index (κ1) is 10.1. The first-order valence-electron chi connectivity index (χ1n) is 3.73. The van der Waals surface area contributed by atoms with Crippen molar-refractivity contribution in [1.82, 2.24) is 0 Å². The Hall–Kier alpha value is -1.03. The highest BCUT2D eigenvalue weighted by molar-refractivity contribution is 7.80. The van der Waals surface area contributed by atoms with Gasteiger partial charge in [-0.1, -0.05) is 12.2 Å². The maximum absolute atomic E-state index is 13.1. The van der Waals surface area contributed by atoms with Crippen molar-refractivity contribution in [2.24, 2.45) is 5.73 Å². The SMILES string of the molecule is Cc1cc(F)c(CC(N)=S)c(F)c1. The number of halogens is 2.